The molecule has 1 saturated carbocycles. The molecule has 3 rings (SSSR count). The number of hydrogen-bond donors (Lipinski definition) is 2. The molecule has 1 aliphatic rings. The van der Waals surface area contributed by atoms with E-state index in [4.69, 9.17) is 14.2 Å². The van der Waals surface area contributed by atoms with Crippen LogP contribution in [0.25, 0.3) is 0 Å². The Morgan fingerprint density at radius 2 is 1.77 bits per heavy atom. The zero-order chi connectivity index (χ0) is 21.7. The molecule has 0 radical (unpaired) electrons. The van der Waals surface area contributed by atoms with Gasteiger partial charge in [0.25, 0.3) is 0 Å². The number of carbonyl (C=O) groups excluding carboxylic acids is 1. The molecule has 1 aliphatic carbocycles. The first kappa shape index (κ1) is 21.6. The monoisotopic (exact) mass is 424 g/mol. The van der Waals surface area contributed by atoms with Gasteiger partial charge in [0.05, 0.1) is 20.3 Å². The van der Waals surface area contributed by atoms with Crippen LogP contribution in [0, 0.1) is 5.92 Å². The molecule has 2 amide bonds. The summed E-state index contributed by atoms with van der Waals surface area (Å²) in [4.78, 5) is 12.5. The molecular weight excluding hydrogens is 401 g/mol. The topological polar surface area (TPSA) is 68.8 Å². The van der Waals surface area contributed by atoms with Crippen LogP contribution in [0.4, 0.5) is 23.7 Å². The smallest absolute Gasteiger partial charge is 0.422 e. The molecule has 30 heavy (non-hydrogen) atoms. The number of amides is 2. The summed E-state index contributed by atoms with van der Waals surface area (Å²) in [6.07, 6.45) is -2.47. The summed E-state index contributed by atoms with van der Waals surface area (Å²) >= 11 is 0. The number of hydrogen-bond acceptors (Lipinski definition) is 4. The fourth-order valence-electron chi connectivity index (χ4n) is 3.05. The van der Waals surface area contributed by atoms with Gasteiger partial charge in [0, 0.05) is 11.8 Å². The van der Waals surface area contributed by atoms with E-state index in [-0.39, 0.29) is 23.2 Å². The highest BCUT2D eigenvalue weighted by Gasteiger charge is 2.33. The molecule has 1 fully saturated rings. The van der Waals surface area contributed by atoms with Gasteiger partial charge < -0.3 is 24.8 Å². The summed E-state index contributed by atoms with van der Waals surface area (Å²) in [6, 6.07) is 11.1. The Morgan fingerprint density at radius 3 is 2.33 bits per heavy atom. The number of halogens is 3. The average molecular weight is 424 g/mol. The lowest BCUT2D eigenvalue weighted by molar-refractivity contribution is -0.153. The molecule has 9 heteroatoms. The van der Waals surface area contributed by atoms with Crippen molar-refractivity contribution in [3.63, 3.8) is 0 Å². The predicted octanol–water partition coefficient (Wildman–Crippen LogP) is 4.92. The Balaban J connectivity index is 1.68. The fraction of sp³-hybridized carbons (Fsp3) is 0.381. The molecule has 0 aromatic heterocycles. The van der Waals surface area contributed by atoms with Crippen molar-refractivity contribution in [3.05, 3.63) is 48.0 Å². The highest BCUT2D eigenvalue weighted by Crippen LogP contribution is 2.41. The van der Waals surface area contributed by atoms with Crippen LogP contribution in [0.1, 0.15) is 24.4 Å². The normalized spacial score (nSPS) is 14.6. The van der Waals surface area contributed by atoms with Crippen molar-refractivity contribution in [2.24, 2.45) is 5.92 Å². The van der Waals surface area contributed by atoms with Crippen LogP contribution in [0.3, 0.4) is 0 Å². The van der Waals surface area contributed by atoms with E-state index in [0.29, 0.717) is 5.92 Å². The van der Waals surface area contributed by atoms with Gasteiger partial charge in [0.1, 0.15) is 5.75 Å². The molecule has 162 valence electrons. The lowest BCUT2D eigenvalue weighted by Gasteiger charge is -2.20. The van der Waals surface area contributed by atoms with Gasteiger partial charge in [-0.05, 0) is 48.6 Å². The number of alkyl halides is 3. The minimum atomic E-state index is -4.48. The predicted molar refractivity (Wildman–Crippen MR) is 105 cm³/mol. The second-order valence-electron chi connectivity index (χ2n) is 6.96. The summed E-state index contributed by atoms with van der Waals surface area (Å²) in [5, 5.41) is 5.59. The number of ether oxygens (including phenoxy) is 3. The number of urea groups is 1. The van der Waals surface area contributed by atoms with Crippen LogP contribution < -0.4 is 24.8 Å². The second-order valence-corrected chi connectivity index (χ2v) is 6.96. The minimum absolute atomic E-state index is 0.110. The number of anilines is 1. The Morgan fingerprint density at radius 1 is 1.07 bits per heavy atom. The SMILES string of the molecule is COc1ccc(C(NC(=O)Nc2ccc(OC)c(OCC(F)(F)F)c2)C2CC2)cc1. The van der Waals surface area contributed by atoms with Gasteiger partial charge in [-0.1, -0.05) is 12.1 Å². The van der Waals surface area contributed by atoms with Crippen LogP contribution in [0.15, 0.2) is 42.5 Å². The zero-order valence-electron chi connectivity index (χ0n) is 16.6. The average Bonchev–Trinajstić information content (AvgIpc) is 3.55. The number of benzene rings is 2. The molecule has 1 unspecified atom stereocenters. The molecule has 0 spiro atoms. The minimum Gasteiger partial charge on any atom is -0.497 e. The number of rotatable bonds is 8. The third kappa shape index (κ3) is 5.95. The fourth-order valence-corrected chi connectivity index (χ4v) is 3.05. The maximum atomic E-state index is 12.5. The Kier molecular flexibility index (Phi) is 6.59. The van der Waals surface area contributed by atoms with Crippen molar-refractivity contribution >= 4 is 11.7 Å². The molecule has 2 aromatic rings. The first-order chi connectivity index (χ1) is 14.3. The largest absolute Gasteiger partial charge is 0.497 e. The van der Waals surface area contributed by atoms with Crippen LogP contribution in [-0.2, 0) is 0 Å². The van der Waals surface area contributed by atoms with Crippen LogP contribution in [-0.4, -0.2) is 33.0 Å². The van der Waals surface area contributed by atoms with Crippen molar-refractivity contribution in [2.45, 2.75) is 25.1 Å². The highest BCUT2D eigenvalue weighted by atomic mass is 19.4. The standard InChI is InChI=1S/C21H23F3N2O4/c1-28-16-8-5-14(6-9-16)19(13-3-4-13)26-20(27)25-15-7-10-17(29-2)18(11-15)30-12-21(22,23)24/h5-11,13,19H,3-4,12H2,1-2H3,(H2,25,26,27). The summed E-state index contributed by atoms with van der Waals surface area (Å²) in [5.74, 6) is 1.09. The third-order valence-electron chi connectivity index (χ3n) is 4.67. The summed E-state index contributed by atoms with van der Waals surface area (Å²) in [6.45, 7) is -1.46. The van der Waals surface area contributed by atoms with E-state index in [2.05, 4.69) is 10.6 Å². The number of carbonyl (C=O) groups is 1. The molecular formula is C21H23F3N2O4. The summed E-state index contributed by atoms with van der Waals surface area (Å²) < 4.78 is 52.4. The summed E-state index contributed by atoms with van der Waals surface area (Å²) in [5.41, 5.74) is 1.24. The maximum absolute atomic E-state index is 12.5. The van der Waals surface area contributed by atoms with Crippen molar-refractivity contribution in [2.75, 3.05) is 26.1 Å². The van der Waals surface area contributed by atoms with E-state index >= 15 is 0 Å². The van der Waals surface area contributed by atoms with E-state index in [1.807, 2.05) is 24.3 Å². The van der Waals surface area contributed by atoms with Gasteiger partial charge >= 0.3 is 12.2 Å². The molecule has 2 aromatic carbocycles. The van der Waals surface area contributed by atoms with Crippen molar-refractivity contribution in [1.29, 1.82) is 0 Å². The molecule has 0 saturated heterocycles. The lowest BCUT2D eigenvalue weighted by atomic mass is 10.0. The van der Waals surface area contributed by atoms with E-state index < -0.39 is 18.8 Å². The van der Waals surface area contributed by atoms with E-state index in [0.717, 1.165) is 24.2 Å². The van der Waals surface area contributed by atoms with Gasteiger partial charge in [0.15, 0.2) is 18.1 Å². The molecule has 0 heterocycles. The lowest BCUT2D eigenvalue weighted by Crippen LogP contribution is -2.33. The first-order valence-corrected chi connectivity index (χ1v) is 9.38. The molecule has 2 N–H and O–H groups in total. The van der Waals surface area contributed by atoms with Crippen molar-refractivity contribution in [3.8, 4) is 17.2 Å². The Labute approximate surface area is 172 Å². The Bertz CT molecular complexity index is 868. The molecule has 0 bridgehead atoms. The van der Waals surface area contributed by atoms with E-state index in [9.17, 15) is 18.0 Å². The number of methoxy groups -OCH3 is 2. The van der Waals surface area contributed by atoms with Crippen LogP contribution >= 0.6 is 0 Å². The first-order valence-electron chi connectivity index (χ1n) is 9.38. The number of nitrogens with one attached hydrogen (secondary N) is 2. The van der Waals surface area contributed by atoms with E-state index in [1.165, 1.54) is 25.3 Å². The zero-order valence-corrected chi connectivity index (χ0v) is 16.6. The van der Waals surface area contributed by atoms with Crippen molar-refractivity contribution < 1.29 is 32.2 Å². The van der Waals surface area contributed by atoms with Crippen molar-refractivity contribution in [1.82, 2.24) is 5.32 Å². The van der Waals surface area contributed by atoms with Crippen LogP contribution in [0.2, 0.25) is 0 Å². The molecule has 6 nitrogen and oxygen atoms in total. The maximum Gasteiger partial charge on any atom is 0.422 e. The van der Waals surface area contributed by atoms with Gasteiger partial charge in [0.2, 0.25) is 0 Å². The van der Waals surface area contributed by atoms with Gasteiger partial charge in [-0.15, -0.1) is 0 Å². The quantitative estimate of drug-likeness (QED) is 0.631. The Hall–Kier alpha value is -3.10. The van der Waals surface area contributed by atoms with Gasteiger partial charge in [-0.3, -0.25) is 0 Å². The summed E-state index contributed by atoms with van der Waals surface area (Å²) in [7, 11) is 2.91. The van der Waals surface area contributed by atoms with Gasteiger partial charge in [-0.25, -0.2) is 4.79 Å². The molecule has 1 atom stereocenters. The third-order valence-corrected chi connectivity index (χ3v) is 4.67. The second kappa shape index (κ2) is 9.15. The van der Waals surface area contributed by atoms with Crippen LogP contribution in [0.5, 0.6) is 17.2 Å². The highest BCUT2D eigenvalue weighted by molar-refractivity contribution is 5.90. The van der Waals surface area contributed by atoms with E-state index in [1.54, 1.807) is 7.11 Å². The van der Waals surface area contributed by atoms with Gasteiger partial charge in [-0.2, -0.15) is 13.2 Å². The molecule has 0 aliphatic heterocycles.